The number of carbonyl (C=O) groups is 1. The van der Waals surface area contributed by atoms with Crippen LogP contribution < -0.4 is 10.1 Å². The second-order valence-electron chi connectivity index (χ2n) is 4.98. The molecule has 0 aliphatic heterocycles. The Labute approximate surface area is 141 Å². The Morgan fingerprint density at radius 1 is 1.17 bits per heavy atom. The predicted molar refractivity (Wildman–Crippen MR) is 94.0 cm³/mol. The molecular formula is C20H18N2O2. The molecule has 0 unspecified atom stereocenters. The molecule has 2 aromatic rings. The minimum Gasteiger partial charge on any atom is -0.488 e. The number of nitrogens with one attached hydrogen (secondary N) is 1. The van der Waals surface area contributed by atoms with E-state index in [4.69, 9.17) is 4.74 Å². The van der Waals surface area contributed by atoms with Gasteiger partial charge in [-0.15, -0.1) is 6.58 Å². The third kappa shape index (κ3) is 4.85. The predicted octanol–water partition coefficient (Wildman–Crippen LogP) is 3.47. The number of carbonyl (C=O) groups excluding carboxylic acids is 1. The van der Waals surface area contributed by atoms with Gasteiger partial charge in [0, 0.05) is 12.1 Å². The maximum Gasteiger partial charge on any atom is 0.262 e. The lowest BCUT2D eigenvalue weighted by atomic mass is 10.1. The number of hydrogen-bond acceptors (Lipinski definition) is 3. The second-order valence-corrected chi connectivity index (χ2v) is 4.98. The molecule has 120 valence electrons. The Morgan fingerprint density at radius 3 is 2.58 bits per heavy atom. The number of benzene rings is 2. The van der Waals surface area contributed by atoms with Crippen molar-refractivity contribution in [1.29, 1.82) is 5.26 Å². The maximum absolute atomic E-state index is 11.9. The standard InChI is InChI=1S/C20H18N2O2/c1-2-12-22-20(23)18(14-21)13-17-10-6-7-11-19(17)24-15-16-8-4-3-5-9-16/h2-11,13H,1,12,15H2,(H,22,23)/b18-13-. The van der Waals surface area contributed by atoms with Crippen LogP contribution in [0.25, 0.3) is 6.08 Å². The molecule has 0 bridgehead atoms. The van der Waals surface area contributed by atoms with E-state index in [-0.39, 0.29) is 5.57 Å². The van der Waals surface area contributed by atoms with Gasteiger partial charge in [-0.05, 0) is 17.7 Å². The van der Waals surface area contributed by atoms with Crippen LogP contribution in [0.15, 0.2) is 72.8 Å². The highest BCUT2D eigenvalue weighted by Gasteiger charge is 2.10. The van der Waals surface area contributed by atoms with Crippen molar-refractivity contribution in [2.75, 3.05) is 6.54 Å². The molecule has 24 heavy (non-hydrogen) atoms. The van der Waals surface area contributed by atoms with Crippen molar-refractivity contribution in [3.8, 4) is 11.8 Å². The lowest BCUT2D eigenvalue weighted by Gasteiger charge is -2.09. The number of nitrogens with zero attached hydrogens (tertiary/aromatic N) is 1. The summed E-state index contributed by atoms with van der Waals surface area (Å²) in [6, 6.07) is 19.0. The van der Waals surface area contributed by atoms with E-state index in [1.807, 2.05) is 54.6 Å². The third-order valence-electron chi connectivity index (χ3n) is 3.23. The fourth-order valence-corrected chi connectivity index (χ4v) is 2.03. The number of rotatable bonds is 7. The molecule has 0 heterocycles. The van der Waals surface area contributed by atoms with Crippen LogP contribution in [0.4, 0.5) is 0 Å². The lowest BCUT2D eigenvalue weighted by molar-refractivity contribution is -0.116. The number of nitriles is 1. The van der Waals surface area contributed by atoms with Crippen molar-refractivity contribution in [2.45, 2.75) is 6.61 Å². The van der Waals surface area contributed by atoms with Crippen molar-refractivity contribution < 1.29 is 9.53 Å². The summed E-state index contributed by atoms with van der Waals surface area (Å²) in [7, 11) is 0. The summed E-state index contributed by atoms with van der Waals surface area (Å²) in [5, 5.41) is 11.8. The number of ether oxygens (including phenoxy) is 1. The zero-order chi connectivity index (χ0) is 17.2. The molecule has 1 N–H and O–H groups in total. The molecule has 0 aliphatic carbocycles. The number of amides is 1. The van der Waals surface area contributed by atoms with Crippen LogP contribution in [-0.2, 0) is 11.4 Å². The van der Waals surface area contributed by atoms with Crippen LogP contribution in [0.2, 0.25) is 0 Å². The first-order valence-corrected chi connectivity index (χ1v) is 7.51. The van der Waals surface area contributed by atoms with Crippen molar-refractivity contribution in [3.05, 3.63) is 84.0 Å². The quantitative estimate of drug-likeness (QED) is 0.483. The van der Waals surface area contributed by atoms with Crippen LogP contribution in [-0.4, -0.2) is 12.5 Å². The van der Waals surface area contributed by atoms with Crippen LogP contribution in [0.1, 0.15) is 11.1 Å². The fraction of sp³-hybridized carbons (Fsp3) is 0.100. The smallest absolute Gasteiger partial charge is 0.262 e. The van der Waals surface area contributed by atoms with Gasteiger partial charge in [0.1, 0.15) is 24.0 Å². The van der Waals surface area contributed by atoms with Crippen molar-refractivity contribution in [1.82, 2.24) is 5.32 Å². The van der Waals surface area contributed by atoms with Crippen LogP contribution in [0, 0.1) is 11.3 Å². The molecule has 2 aromatic carbocycles. The molecule has 0 aromatic heterocycles. The maximum atomic E-state index is 11.9. The SMILES string of the molecule is C=CCNC(=O)/C(C#N)=C\c1ccccc1OCc1ccccc1. The van der Waals surface area contributed by atoms with E-state index in [0.29, 0.717) is 24.5 Å². The van der Waals surface area contributed by atoms with Gasteiger partial charge < -0.3 is 10.1 Å². The van der Waals surface area contributed by atoms with Crippen LogP contribution >= 0.6 is 0 Å². The Bertz CT molecular complexity index is 774. The molecule has 0 aliphatic rings. The molecule has 0 saturated heterocycles. The van der Waals surface area contributed by atoms with Crippen molar-refractivity contribution in [3.63, 3.8) is 0 Å². The van der Waals surface area contributed by atoms with Gasteiger partial charge >= 0.3 is 0 Å². The summed E-state index contributed by atoms with van der Waals surface area (Å²) in [6.45, 7) is 4.25. The Hall–Kier alpha value is -3.32. The topological polar surface area (TPSA) is 62.1 Å². The highest BCUT2D eigenvalue weighted by atomic mass is 16.5. The molecule has 1 amide bonds. The lowest BCUT2D eigenvalue weighted by Crippen LogP contribution is -2.24. The normalized spacial score (nSPS) is 10.5. The highest BCUT2D eigenvalue weighted by molar-refractivity contribution is 6.02. The van der Waals surface area contributed by atoms with E-state index in [2.05, 4.69) is 11.9 Å². The largest absolute Gasteiger partial charge is 0.488 e. The van der Waals surface area contributed by atoms with Crippen molar-refractivity contribution in [2.24, 2.45) is 0 Å². The zero-order valence-corrected chi connectivity index (χ0v) is 13.2. The Morgan fingerprint density at radius 2 is 1.88 bits per heavy atom. The van der Waals surface area contributed by atoms with Gasteiger partial charge in [-0.3, -0.25) is 4.79 Å². The number of hydrogen-bond donors (Lipinski definition) is 1. The van der Waals surface area contributed by atoms with E-state index >= 15 is 0 Å². The van der Waals surface area contributed by atoms with Crippen molar-refractivity contribution >= 4 is 12.0 Å². The summed E-state index contributed by atoms with van der Waals surface area (Å²) < 4.78 is 5.83. The van der Waals surface area contributed by atoms with E-state index < -0.39 is 5.91 Å². The average Bonchev–Trinajstić information content (AvgIpc) is 2.64. The average molecular weight is 318 g/mol. The molecule has 2 rings (SSSR count). The Kier molecular flexibility index (Phi) is 6.36. The summed E-state index contributed by atoms with van der Waals surface area (Å²) in [4.78, 5) is 11.9. The highest BCUT2D eigenvalue weighted by Crippen LogP contribution is 2.22. The number of para-hydroxylation sites is 1. The third-order valence-corrected chi connectivity index (χ3v) is 3.23. The molecule has 0 atom stereocenters. The van der Waals surface area contributed by atoms with Gasteiger partial charge in [-0.1, -0.05) is 54.6 Å². The second kappa shape index (κ2) is 8.96. The molecule has 4 heteroatoms. The van der Waals surface area contributed by atoms with Crippen LogP contribution in [0.5, 0.6) is 5.75 Å². The monoisotopic (exact) mass is 318 g/mol. The first kappa shape index (κ1) is 17.0. The first-order chi connectivity index (χ1) is 11.7. The summed E-state index contributed by atoms with van der Waals surface area (Å²) in [5.41, 5.74) is 1.74. The van der Waals surface area contributed by atoms with E-state index in [1.165, 1.54) is 6.08 Å². The molecule has 0 spiro atoms. The fourth-order valence-electron chi connectivity index (χ4n) is 2.03. The van der Waals surface area contributed by atoms with Gasteiger partial charge in [0.15, 0.2) is 0 Å². The zero-order valence-electron chi connectivity index (χ0n) is 13.2. The summed E-state index contributed by atoms with van der Waals surface area (Å²) >= 11 is 0. The molecule has 0 fully saturated rings. The van der Waals surface area contributed by atoms with Gasteiger partial charge in [-0.25, -0.2) is 0 Å². The summed E-state index contributed by atoms with van der Waals surface area (Å²) in [5.74, 6) is 0.181. The van der Waals surface area contributed by atoms with Crippen LogP contribution in [0.3, 0.4) is 0 Å². The molecule has 0 radical (unpaired) electrons. The Balaban J connectivity index is 2.18. The van der Waals surface area contributed by atoms with E-state index in [9.17, 15) is 10.1 Å². The van der Waals surface area contributed by atoms with Gasteiger partial charge in [0.2, 0.25) is 0 Å². The first-order valence-electron chi connectivity index (χ1n) is 7.51. The minimum atomic E-state index is -0.435. The molecule has 4 nitrogen and oxygen atoms in total. The van der Waals surface area contributed by atoms with E-state index in [0.717, 1.165) is 5.56 Å². The molecular weight excluding hydrogens is 300 g/mol. The minimum absolute atomic E-state index is 0.0209. The van der Waals surface area contributed by atoms with E-state index in [1.54, 1.807) is 12.1 Å². The summed E-state index contributed by atoms with van der Waals surface area (Å²) in [6.07, 6.45) is 3.09. The molecule has 0 saturated carbocycles. The van der Waals surface area contributed by atoms with Gasteiger partial charge in [0.05, 0.1) is 0 Å². The van der Waals surface area contributed by atoms with Gasteiger partial charge in [0.25, 0.3) is 5.91 Å². The van der Waals surface area contributed by atoms with Gasteiger partial charge in [-0.2, -0.15) is 5.26 Å².